The van der Waals surface area contributed by atoms with Crippen LogP contribution in [0.4, 0.5) is 5.82 Å². The summed E-state index contributed by atoms with van der Waals surface area (Å²) in [4.78, 5) is 25.8. The molecular formula is C23H28N4OS. The maximum atomic E-state index is 12.7. The molecule has 4 rings (SSSR count). The Balaban J connectivity index is 1.42. The van der Waals surface area contributed by atoms with Gasteiger partial charge in [0.15, 0.2) is 0 Å². The van der Waals surface area contributed by atoms with Crippen molar-refractivity contribution in [2.24, 2.45) is 5.92 Å². The van der Waals surface area contributed by atoms with Crippen LogP contribution in [-0.2, 0) is 17.8 Å². The molecule has 29 heavy (non-hydrogen) atoms. The molecule has 1 aromatic carbocycles. The van der Waals surface area contributed by atoms with E-state index in [9.17, 15) is 4.79 Å². The first-order valence-corrected chi connectivity index (χ1v) is 11.3. The zero-order valence-corrected chi connectivity index (χ0v) is 18.2. The molecule has 1 N–H and O–H groups in total. The number of carbonyl (C=O) groups is 1. The molecule has 0 bridgehead atoms. The van der Waals surface area contributed by atoms with Gasteiger partial charge < -0.3 is 10.2 Å². The fourth-order valence-electron chi connectivity index (χ4n) is 4.01. The Labute approximate surface area is 176 Å². The number of piperidine rings is 1. The molecule has 3 aromatic rings. The predicted molar refractivity (Wildman–Crippen MR) is 119 cm³/mol. The summed E-state index contributed by atoms with van der Waals surface area (Å²) in [7, 11) is 0. The molecule has 3 heterocycles. The summed E-state index contributed by atoms with van der Waals surface area (Å²) in [5.41, 5.74) is 3.45. The lowest BCUT2D eigenvalue weighted by atomic mass is 9.95. The Morgan fingerprint density at radius 2 is 1.97 bits per heavy atom. The van der Waals surface area contributed by atoms with Crippen LogP contribution >= 0.6 is 11.3 Å². The highest BCUT2D eigenvalue weighted by Gasteiger charge is 2.27. The third-order valence-corrected chi connectivity index (χ3v) is 6.76. The van der Waals surface area contributed by atoms with E-state index in [4.69, 9.17) is 4.98 Å². The number of aromatic nitrogens is 2. The average Bonchev–Trinajstić information content (AvgIpc) is 3.13. The van der Waals surface area contributed by atoms with Gasteiger partial charge >= 0.3 is 0 Å². The molecule has 5 nitrogen and oxygen atoms in total. The Bertz CT molecular complexity index is 1020. The molecule has 0 spiro atoms. The number of rotatable bonds is 5. The zero-order valence-electron chi connectivity index (χ0n) is 17.4. The molecule has 0 atom stereocenters. The van der Waals surface area contributed by atoms with Gasteiger partial charge in [-0.2, -0.15) is 0 Å². The van der Waals surface area contributed by atoms with Crippen molar-refractivity contribution in [3.63, 3.8) is 0 Å². The van der Waals surface area contributed by atoms with Gasteiger partial charge in [0.2, 0.25) is 5.91 Å². The van der Waals surface area contributed by atoms with E-state index in [0.29, 0.717) is 6.54 Å². The molecule has 1 aliphatic heterocycles. The number of amides is 1. The lowest BCUT2D eigenvalue weighted by Crippen LogP contribution is -2.41. The second-order valence-corrected chi connectivity index (χ2v) is 8.86. The van der Waals surface area contributed by atoms with E-state index in [1.165, 1.54) is 21.4 Å². The van der Waals surface area contributed by atoms with Gasteiger partial charge in [-0.05, 0) is 37.8 Å². The minimum Gasteiger partial charge on any atom is -0.356 e. The Morgan fingerprint density at radius 1 is 1.21 bits per heavy atom. The molecular weight excluding hydrogens is 380 g/mol. The smallest absolute Gasteiger partial charge is 0.223 e. The van der Waals surface area contributed by atoms with Crippen molar-refractivity contribution < 1.29 is 4.79 Å². The number of nitrogens with zero attached hydrogens (tertiary/aromatic N) is 3. The third-order valence-electron chi connectivity index (χ3n) is 5.86. The van der Waals surface area contributed by atoms with Gasteiger partial charge in [0, 0.05) is 42.2 Å². The summed E-state index contributed by atoms with van der Waals surface area (Å²) in [6.07, 6.45) is 2.54. The molecule has 2 aromatic heterocycles. The Hall–Kier alpha value is -2.47. The first kappa shape index (κ1) is 19.8. The lowest BCUT2D eigenvalue weighted by Gasteiger charge is -2.32. The minimum absolute atomic E-state index is 0.0711. The van der Waals surface area contributed by atoms with Gasteiger partial charge in [0.1, 0.15) is 11.6 Å². The van der Waals surface area contributed by atoms with Crippen molar-refractivity contribution >= 4 is 34.0 Å². The van der Waals surface area contributed by atoms with Gasteiger partial charge in [-0.1, -0.05) is 31.2 Å². The average molecular weight is 409 g/mol. The van der Waals surface area contributed by atoms with E-state index in [1.807, 2.05) is 12.1 Å². The number of carbonyl (C=O) groups excluding carboxylic acids is 1. The fraction of sp³-hybridized carbons (Fsp3) is 0.435. The van der Waals surface area contributed by atoms with Crippen molar-refractivity contribution in [2.75, 3.05) is 18.0 Å². The first-order valence-electron chi connectivity index (χ1n) is 10.4. The Morgan fingerprint density at radius 3 is 2.69 bits per heavy atom. The summed E-state index contributed by atoms with van der Waals surface area (Å²) in [6, 6.07) is 8.21. The largest absolute Gasteiger partial charge is 0.356 e. The van der Waals surface area contributed by atoms with Gasteiger partial charge in [0.25, 0.3) is 0 Å². The van der Waals surface area contributed by atoms with E-state index < -0.39 is 0 Å². The van der Waals surface area contributed by atoms with Crippen molar-refractivity contribution in [3.05, 3.63) is 51.5 Å². The van der Waals surface area contributed by atoms with Crippen LogP contribution in [0.5, 0.6) is 0 Å². The SMILES string of the molecule is CCc1nc(N2CCC(C(=O)NCc3ccccc3C)CC2)c2c(C)scc2n1. The summed E-state index contributed by atoms with van der Waals surface area (Å²) in [5.74, 6) is 2.18. The molecule has 0 unspecified atom stereocenters. The van der Waals surface area contributed by atoms with Crippen LogP contribution < -0.4 is 10.2 Å². The molecule has 1 fully saturated rings. The molecule has 0 saturated carbocycles. The number of thiophene rings is 1. The normalized spacial score (nSPS) is 15.1. The molecule has 1 amide bonds. The van der Waals surface area contributed by atoms with Crippen molar-refractivity contribution in [3.8, 4) is 0 Å². The van der Waals surface area contributed by atoms with Crippen LogP contribution in [0.1, 0.15) is 41.6 Å². The van der Waals surface area contributed by atoms with Crippen LogP contribution in [0.2, 0.25) is 0 Å². The number of fused-ring (bicyclic) bond motifs is 1. The molecule has 1 aliphatic rings. The first-order chi connectivity index (χ1) is 14.1. The zero-order chi connectivity index (χ0) is 20.4. The second-order valence-electron chi connectivity index (χ2n) is 7.77. The van der Waals surface area contributed by atoms with Gasteiger partial charge in [-0.3, -0.25) is 4.79 Å². The van der Waals surface area contributed by atoms with E-state index in [1.54, 1.807) is 11.3 Å². The number of benzene rings is 1. The topological polar surface area (TPSA) is 58.1 Å². The van der Waals surface area contributed by atoms with Gasteiger partial charge in [-0.15, -0.1) is 11.3 Å². The van der Waals surface area contributed by atoms with Gasteiger partial charge in [0.05, 0.1) is 10.9 Å². The van der Waals surface area contributed by atoms with E-state index in [-0.39, 0.29) is 11.8 Å². The standard InChI is InChI=1S/C23H28N4OS/c1-4-20-25-19-14-29-16(3)21(19)22(26-20)27-11-9-17(10-12-27)23(28)24-13-18-8-6-5-7-15(18)2/h5-8,14,17H,4,9-13H2,1-3H3,(H,24,28). The molecule has 6 heteroatoms. The Kier molecular flexibility index (Phi) is 5.81. The number of nitrogens with one attached hydrogen (secondary N) is 1. The number of anilines is 1. The quantitative estimate of drug-likeness (QED) is 0.680. The third kappa shape index (κ3) is 4.13. The molecule has 0 radical (unpaired) electrons. The number of aryl methyl sites for hydroxylation is 3. The molecule has 152 valence electrons. The van der Waals surface area contributed by atoms with E-state index >= 15 is 0 Å². The van der Waals surface area contributed by atoms with Crippen LogP contribution in [0.15, 0.2) is 29.6 Å². The maximum absolute atomic E-state index is 12.7. The maximum Gasteiger partial charge on any atom is 0.223 e. The predicted octanol–water partition coefficient (Wildman–Crippen LogP) is 4.40. The summed E-state index contributed by atoms with van der Waals surface area (Å²) < 4.78 is 0. The van der Waals surface area contributed by atoms with Gasteiger partial charge in [-0.25, -0.2) is 9.97 Å². The highest BCUT2D eigenvalue weighted by Crippen LogP contribution is 2.33. The summed E-state index contributed by atoms with van der Waals surface area (Å²) in [5, 5.41) is 6.44. The summed E-state index contributed by atoms with van der Waals surface area (Å²) >= 11 is 1.73. The van der Waals surface area contributed by atoms with Crippen molar-refractivity contribution in [1.82, 2.24) is 15.3 Å². The monoisotopic (exact) mass is 408 g/mol. The van der Waals surface area contributed by atoms with E-state index in [2.05, 4.69) is 53.5 Å². The van der Waals surface area contributed by atoms with Crippen LogP contribution in [-0.4, -0.2) is 29.0 Å². The number of hydrogen-bond acceptors (Lipinski definition) is 5. The molecule has 1 saturated heterocycles. The van der Waals surface area contributed by atoms with E-state index in [0.717, 1.165) is 49.5 Å². The van der Waals surface area contributed by atoms with Crippen LogP contribution in [0.3, 0.4) is 0 Å². The van der Waals surface area contributed by atoms with Crippen molar-refractivity contribution in [1.29, 1.82) is 0 Å². The highest BCUT2D eigenvalue weighted by molar-refractivity contribution is 7.11. The van der Waals surface area contributed by atoms with Crippen molar-refractivity contribution in [2.45, 2.75) is 46.6 Å². The fourth-order valence-corrected chi connectivity index (χ4v) is 4.79. The number of hydrogen-bond donors (Lipinski definition) is 1. The highest BCUT2D eigenvalue weighted by atomic mass is 32.1. The lowest BCUT2D eigenvalue weighted by molar-refractivity contribution is -0.125. The molecule has 0 aliphatic carbocycles. The minimum atomic E-state index is 0.0711. The summed E-state index contributed by atoms with van der Waals surface area (Å²) in [6.45, 7) is 8.62. The van der Waals surface area contributed by atoms with Crippen LogP contribution in [0.25, 0.3) is 10.9 Å². The van der Waals surface area contributed by atoms with Crippen LogP contribution in [0, 0.1) is 19.8 Å². The second kappa shape index (κ2) is 8.49.